The maximum Gasteiger partial charge on any atom is 0.122 e. The van der Waals surface area contributed by atoms with E-state index in [2.05, 4.69) is 36.3 Å². The van der Waals surface area contributed by atoms with Gasteiger partial charge in [-0.1, -0.05) is 31.8 Å². The Morgan fingerprint density at radius 1 is 1.14 bits per heavy atom. The van der Waals surface area contributed by atoms with Gasteiger partial charge in [0, 0.05) is 26.6 Å². The lowest BCUT2D eigenvalue weighted by Gasteiger charge is -2.16. The van der Waals surface area contributed by atoms with Crippen LogP contribution in [0.25, 0.3) is 11.3 Å². The zero-order valence-corrected chi connectivity index (χ0v) is 14.0. The number of rotatable bonds is 6. The zero-order chi connectivity index (χ0) is 15.3. The minimum atomic E-state index is -1.03. The van der Waals surface area contributed by atoms with Gasteiger partial charge in [0.25, 0.3) is 0 Å². The van der Waals surface area contributed by atoms with Crippen molar-refractivity contribution < 1.29 is 4.74 Å². The van der Waals surface area contributed by atoms with Crippen molar-refractivity contribution in [3.63, 3.8) is 0 Å². The van der Waals surface area contributed by atoms with E-state index in [1.807, 2.05) is 36.5 Å². The molecule has 0 fully saturated rings. The summed E-state index contributed by atoms with van der Waals surface area (Å²) < 4.78 is 7.91. The first-order chi connectivity index (χ1) is 9.99. The third kappa shape index (κ3) is 4.59. The quantitative estimate of drug-likeness (QED) is 0.588. The number of ether oxygens (including phenoxy) is 1. The van der Waals surface area contributed by atoms with Crippen LogP contribution in [-0.4, -0.2) is 19.2 Å². The molecule has 0 atom stereocenters. The molecule has 0 bridgehead atoms. The summed E-state index contributed by atoms with van der Waals surface area (Å²) in [5.74, 6) is 0. The summed E-state index contributed by atoms with van der Waals surface area (Å²) in [6.45, 7) is 8.46. The second-order valence-corrected chi connectivity index (χ2v) is 12.0. The fraction of sp³-hybridized carbons (Fsp3) is 0.353. The van der Waals surface area contributed by atoms with Crippen LogP contribution in [0.5, 0.6) is 0 Å². The molecule has 4 heteroatoms. The number of nitriles is 1. The molecule has 1 heterocycles. The lowest BCUT2D eigenvalue weighted by Crippen LogP contribution is -2.22. The third-order valence-corrected chi connectivity index (χ3v) is 5.07. The molecule has 0 saturated heterocycles. The van der Waals surface area contributed by atoms with Gasteiger partial charge in [-0.2, -0.15) is 5.26 Å². The van der Waals surface area contributed by atoms with Gasteiger partial charge in [0.15, 0.2) is 0 Å². The van der Waals surface area contributed by atoms with E-state index in [9.17, 15) is 0 Å². The SMILES string of the molecule is C[Si](C)(C)CCOCn1cccc1-c1ccc(C#N)cc1. The highest BCUT2D eigenvalue weighted by Crippen LogP contribution is 2.21. The average Bonchev–Trinajstić information content (AvgIpc) is 2.91. The number of benzene rings is 1. The molecule has 0 saturated carbocycles. The van der Waals surface area contributed by atoms with Gasteiger partial charge in [0.05, 0.1) is 11.6 Å². The largest absolute Gasteiger partial charge is 0.361 e. The summed E-state index contributed by atoms with van der Waals surface area (Å²) in [6, 6.07) is 15.1. The van der Waals surface area contributed by atoms with E-state index in [1.54, 1.807) is 0 Å². The first kappa shape index (κ1) is 15.6. The van der Waals surface area contributed by atoms with Crippen molar-refractivity contribution in [3.8, 4) is 17.3 Å². The molecule has 21 heavy (non-hydrogen) atoms. The highest BCUT2D eigenvalue weighted by atomic mass is 28.3. The average molecular weight is 298 g/mol. The monoisotopic (exact) mass is 298 g/mol. The fourth-order valence-electron chi connectivity index (χ4n) is 2.05. The molecule has 0 radical (unpaired) electrons. The lowest BCUT2D eigenvalue weighted by atomic mass is 10.1. The van der Waals surface area contributed by atoms with Crippen molar-refractivity contribution in [2.24, 2.45) is 0 Å². The van der Waals surface area contributed by atoms with Crippen molar-refractivity contribution in [1.82, 2.24) is 4.57 Å². The summed E-state index contributed by atoms with van der Waals surface area (Å²) in [4.78, 5) is 0. The Bertz CT molecular complexity index is 617. The van der Waals surface area contributed by atoms with Crippen LogP contribution in [-0.2, 0) is 11.5 Å². The van der Waals surface area contributed by atoms with Crippen LogP contribution in [0.15, 0.2) is 42.6 Å². The molecule has 0 aliphatic heterocycles. The number of nitrogens with zero attached hydrogens (tertiary/aromatic N) is 2. The highest BCUT2D eigenvalue weighted by Gasteiger charge is 2.12. The van der Waals surface area contributed by atoms with Crippen molar-refractivity contribution in [3.05, 3.63) is 48.2 Å². The molecule has 110 valence electrons. The Hall–Kier alpha value is -1.83. The van der Waals surface area contributed by atoms with E-state index in [-0.39, 0.29) is 0 Å². The van der Waals surface area contributed by atoms with Gasteiger partial charge in [0.1, 0.15) is 6.73 Å². The maximum absolute atomic E-state index is 8.85. The molecule has 0 aliphatic carbocycles. The Morgan fingerprint density at radius 2 is 1.86 bits per heavy atom. The first-order valence-corrected chi connectivity index (χ1v) is 10.9. The predicted molar refractivity (Wildman–Crippen MR) is 88.7 cm³/mol. The van der Waals surface area contributed by atoms with Gasteiger partial charge in [-0.25, -0.2) is 0 Å². The van der Waals surface area contributed by atoms with Gasteiger partial charge >= 0.3 is 0 Å². The first-order valence-electron chi connectivity index (χ1n) is 7.23. The molecule has 2 aromatic rings. The minimum absolute atomic E-state index is 0.576. The van der Waals surface area contributed by atoms with Crippen LogP contribution >= 0.6 is 0 Å². The van der Waals surface area contributed by atoms with Crippen molar-refractivity contribution in [1.29, 1.82) is 5.26 Å². The Morgan fingerprint density at radius 3 is 2.48 bits per heavy atom. The van der Waals surface area contributed by atoms with Crippen LogP contribution < -0.4 is 0 Å². The molecule has 0 amide bonds. The molecule has 2 rings (SSSR count). The predicted octanol–water partition coefficient (Wildman–Crippen LogP) is 4.34. The van der Waals surface area contributed by atoms with E-state index in [1.165, 1.54) is 6.04 Å². The third-order valence-electron chi connectivity index (χ3n) is 3.37. The minimum Gasteiger partial charge on any atom is -0.361 e. The van der Waals surface area contributed by atoms with E-state index < -0.39 is 8.07 Å². The molecule has 0 aliphatic rings. The van der Waals surface area contributed by atoms with Gasteiger partial charge in [-0.3, -0.25) is 0 Å². The van der Waals surface area contributed by atoms with Crippen molar-refractivity contribution in [2.45, 2.75) is 32.4 Å². The molecule has 0 unspecified atom stereocenters. The van der Waals surface area contributed by atoms with Crippen molar-refractivity contribution in [2.75, 3.05) is 6.61 Å². The van der Waals surface area contributed by atoms with Crippen LogP contribution in [0.1, 0.15) is 5.56 Å². The van der Waals surface area contributed by atoms with Crippen LogP contribution in [0.3, 0.4) is 0 Å². The molecule has 1 aromatic carbocycles. The normalized spacial score (nSPS) is 11.3. The number of hydrogen-bond acceptors (Lipinski definition) is 2. The Balaban J connectivity index is 2.00. The molecule has 3 nitrogen and oxygen atoms in total. The van der Waals surface area contributed by atoms with Crippen LogP contribution in [0.4, 0.5) is 0 Å². The molecular formula is C17H22N2OSi. The van der Waals surface area contributed by atoms with Gasteiger partial charge in [0.2, 0.25) is 0 Å². The Kier molecular flexibility index (Phi) is 5.00. The maximum atomic E-state index is 8.85. The molecular weight excluding hydrogens is 276 g/mol. The summed E-state index contributed by atoms with van der Waals surface area (Å²) in [7, 11) is -1.03. The van der Waals surface area contributed by atoms with Gasteiger partial charge < -0.3 is 9.30 Å². The summed E-state index contributed by atoms with van der Waals surface area (Å²) in [5, 5.41) is 8.85. The fourth-order valence-corrected chi connectivity index (χ4v) is 2.80. The topological polar surface area (TPSA) is 38.0 Å². The summed E-state index contributed by atoms with van der Waals surface area (Å²) >= 11 is 0. The van der Waals surface area contributed by atoms with Crippen LogP contribution in [0.2, 0.25) is 25.7 Å². The number of aromatic nitrogens is 1. The summed E-state index contributed by atoms with van der Waals surface area (Å²) in [5.41, 5.74) is 2.91. The highest BCUT2D eigenvalue weighted by molar-refractivity contribution is 6.76. The number of hydrogen-bond donors (Lipinski definition) is 0. The van der Waals surface area contributed by atoms with E-state index in [4.69, 9.17) is 10.00 Å². The van der Waals surface area contributed by atoms with E-state index in [0.717, 1.165) is 17.9 Å². The molecule has 1 aromatic heterocycles. The standard InChI is InChI=1S/C17H22N2OSi/c1-21(2,3)12-11-20-14-19-10-4-5-17(19)16-8-6-15(13-18)7-9-16/h4-10H,11-12,14H2,1-3H3. The smallest absolute Gasteiger partial charge is 0.122 e. The Labute approximate surface area is 127 Å². The van der Waals surface area contributed by atoms with Gasteiger partial charge in [-0.15, -0.1) is 0 Å². The second-order valence-electron chi connectivity index (χ2n) is 6.40. The second kappa shape index (κ2) is 6.75. The van der Waals surface area contributed by atoms with E-state index in [0.29, 0.717) is 12.3 Å². The lowest BCUT2D eigenvalue weighted by molar-refractivity contribution is 0.0885. The zero-order valence-electron chi connectivity index (χ0n) is 13.0. The molecule has 0 N–H and O–H groups in total. The van der Waals surface area contributed by atoms with E-state index >= 15 is 0 Å². The summed E-state index contributed by atoms with van der Waals surface area (Å²) in [6.07, 6.45) is 2.03. The van der Waals surface area contributed by atoms with Crippen LogP contribution in [0, 0.1) is 11.3 Å². The van der Waals surface area contributed by atoms with Gasteiger partial charge in [-0.05, 0) is 35.9 Å². The van der Waals surface area contributed by atoms with Crippen molar-refractivity contribution >= 4 is 8.07 Å². The molecule has 0 spiro atoms.